The van der Waals surface area contributed by atoms with Crippen LogP contribution >= 0.6 is 27.5 Å². The Balaban J connectivity index is 2.43. The quantitative estimate of drug-likeness (QED) is 0.897. The van der Waals surface area contributed by atoms with Crippen molar-refractivity contribution in [2.24, 2.45) is 0 Å². The Bertz CT molecular complexity index is 803. The fourth-order valence-electron chi connectivity index (χ4n) is 1.43. The lowest BCUT2D eigenvalue weighted by Gasteiger charge is -2.09. The van der Waals surface area contributed by atoms with Crippen LogP contribution in [0.1, 0.15) is 5.56 Å². The van der Waals surface area contributed by atoms with E-state index in [1.807, 2.05) is 6.07 Å². The monoisotopic (exact) mass is 371 g/mol. The van der Waals surface area contributed by atoms with Crippen molar-refractivity contribution in [1.29, 1.82) is 5.26 Å². The smallest absolute Gasteiger partial charge is 0.263 e. The molecule has 0 spiro atoms. The summed E-state index contributed by atoms with van der Waals surface area (Å²) in [5, 5.41) is 8.85. The van der Waals surface area contributed by atoms with Gasteiger partial charge in [-0.15, -0.1) is 0 Å². The Labute approximate surface area is 129 Å². The molecule has 0 atom stereocenters. The number of hydrogen-bond donors (Lipinski definition) is 1. The number of nitrogens with zero attached hydrogens (tertiary/aromatic N) is 2. The molecule has 0 fully saturated rings. The van der Waals surface area contributed by atoms with E-state index >= 15 is 0 Å². The number of nitriles is 1. The minimum absolute atomic E-state index is 0.0338. The first-order valence-corrected chi connectivity index (χ1v) is 7.92. The van der Waals surface area contributed by atoms with Gasteiger partial charge in [-0.05, 0) is 30.3 Å². The highest BCUT2D eigenvalue weighted by atomic mass is 79.9. The van der Waals surface area contributed by atoms with Crippen molar-refractivity contribution in [2.75, 3.05) is 4.72 Å². The SMILES string of the molecule is N#Cc1ccc(Cl)c(S(=O)(=O)Nc2cc(Br)ccn2)c1. The van der Waals surface area contributed by atoms with E-state index in [4.69, 9.17) is 16.9 Å². The second kappa shape index (κ2) is 5.79. The Morgan fingerprint density at radius 2 is 2.05 bits per heavy atom. The largest absolute Gasteiger partial charge is 0.264 e. The number of hydrogen-bond acceptors (Lipinski definition) is 4. The lowest BCUT2D eigenvalue weighted by molar-refractivity contribution is 0.601. The summed E-state index contributed by atoms with van der Waals surface area (Å²) in [6.45, 7) is 0. The summed E-state index contributed by atoms with van der Waals surface area (Å²) in [6, 6.07) is 9.07. The molecule has 0 aliphatic heterocycles. The number of aromatic nitrogens is 1. The lowest BCUT2D eigenvalue weighted by atomic mass is 10.2. The standard InChI is InChI=1S/C12H7BrClN3O2S/c13-9-3-4-16-12(6-9)17-20(18,19)11-5-8(7-15)1-2-10(11)14/h1-6H,(H,16,17). The average Bonchev–Trinajstić information content (AvgIpc) is 2.38. The molecule has 1 aromatic heterocycles. The Morgan fingerprint density at radius 1 is 1.30 bits per heavy atom. The molecule has 0 aliphatic rings. The molecule has 102 valence electrons. The van der Waals surface area contributed by atoms with Crippen molar-refractivity contribution in [3.05, 3.63) is 51.6 Å². The van der Waals surface area contributed by atoms with E-state index in [1.54, 1.807) is 6.07 Å². The molecule has 5 nitrogen and oxygen atoms in total. The number of sulfonamides is 1. The molecule has 0 radical (unpaired) electrons. The van der Waals surface area contributed by atoms with E-state index in [0.717, 1.165) is 0 Å². The van der Waals surface area contributed by atoms with Crippen molar-refractivity contribution in [1.82, 2.24) is 4.98 Å². The highest BCUT2D eigenvalue weighted by molar-refractivity contribution is 9.10. The topological polar surface area (TPSA) is 82.8 Å². The Morgan fingerprint density at radius 3 is 2.70 bits per heavy atom. The molecule has 0 unspecified atom stereocenters. The van der Waals surface area contributed by atoms with Gasteiger partial charge >= 0.3 is 0 Å². The van der Waals surface area contributed by atoms with Crippen LogP contribution in [-0.4, -0.2) is 13.4 Å². The van der Waals surface area contributed by atoms with Gasteiger partial charge in [0.05, 0.1) is 16.7 Å². The van der Waals surface area contributed by atoms with E-state index in [-0.39, 0.29) is 21.3 Å². The number of benzene rings is 1. The van der Waals surface area contributed by atoms with E-state index in [0.29, 0.717) is 4.47 Å². The summed E-state index contributed by atoms with van der Waals surface area (Å²) in [5.41, 5.74) is 0.206. The fourth-order valence-corrected chi connectivity index (χ4v) is 3.29. The number of nitrogens with one attached hydrogen (secondary N) is 1. The van der Waals surface area contributed by atoms with Crippen LogP contribution in [0.4, 0.5) is 5.82 Å². The second-order valence-electron chi connectivity index (χ2n) is 3.72. The third-order valence-electron chi connectivity index (χ3n) is 2.31. The number of rotatable bonds is 3. The van der Waals surface area contributed by atoms with Crippen molar-refractivity contribution >= 4 is 43.4 Å². The average molecular weight is 373 g/mol. The molecule has 2 aromatic rings. The minimum Gasteiger partial charge on any atom is -0.263 e. The zero-order chi connectivity index (χ0) is 14.8. The summed E-state index contributed by atoms with van der Waals surface area (Å²) >= 11 is 9.10. The van der Waals surface area contributed by atoms with E-state index < -0.39 is 10.0 Å². The van der Waals surface area contributed by atoms with Gasteiger partial charge < -0.3 is 0 Å². The predicted molar refractivity (Wildman–Crippen MR) is 78.9 cm³/mol. The van der Waals surface area contributed by atoms with Crippen molar-refractivity contribution in [2.45, 2.75) is 4.90 Å². The van der Waals surface area contributed by atoms with Crippen molar-refractivity contribution in [3.63, 3.8) is 0 Å². The van der Waals surface area contributed by atoms with Crippen LogP contribution in [0.5, 0.6) is 0 Å². The lowest BCUT2D eigenvalue weighted by Crippen LogP contribution is -2.14. The van der Waals surface area contributed by atoms with Gasteiger partial charge in [-0.1, -0.05) is 27.5 Å². The summed E-state index contributed by atoms with van der Waals surface area (Å²) < 4.78 is 27.5. The van der Waals surface area contributed by atoms with Crippen LogP contribution in [0.15, 0.2) is 45.9 Å². The molecular formula is C12H7BrClN3O2S. The van der Waals surface area contributed by atoms with Crippen LogP contribution in [0.2, 0.25) is 5.02 Å². The number of halogens is 2. The Kier molecular flexibility index (Phi) is 4.28. The maximum Gasteiger partial charge on any atom is 0.264 e. The highest BCUT2D eigenvalue weighted by Crippen LogP contribution is 2.25. The first-order chi connectivity index (χ1) is 9.42. The molecule has 0 bridgehead atoms. The van der Waals surface area contributed by atoms with Gasteiger partial charge in [-0.3, -0.25) is 4.72 Å². The molecule has 0 amide bonds. The molecule has 1 aromatic carbocycles. The summed E-state index contributed by atoms with van der Waals surface area (Å²) in [7, 11) is -3.91. The van der Waals surface area contributed by atoms with Gasteiger partial charge in [0, 0.05) is 10.7 Å². The third kappa shape index (κ3) is 3.28. The minimum atomic E-state index is -3.91. The van der Waals surface area contributed by atoms with Crippen LogP contribution in [0.3, 0.4) is 0 Å². The van der Waals surface area contributed by atoms with E-state index in [9.17, 15) is 8.42 Å². The molecule has 0 saturated carbocycles. The maximum absolute atomic E-state index is 12.2. The molecular weight excluding hydrogens is 366 g/mol. The molecule has 2 rings (SSSR count). The first kappa shape index (κ1) is 14.8. The van der Waals surface area contributed by atoms with Crippen molar-refractivity contribution < 1.29 is 8.42 Å². The normalized spacial score (nSPS) is 10.8. The number of pyridine rings is 1. The highest BCUT2D eigenvalue weighted by Gasteiger charge is 2.19. The summed E-state index contributed by atoms with van der Waals surface area (Å²) in [6.07, 6.45) is 1.45. The van der Waals surface area contributed by atoms with Gasteiger partial charge in [-0.25, -0.2) is 13.4 Å². The summed E-state index contributed by atoms with van der Waals surface area (Å²) in [5.74, 6) is 0.151. The van der Waals surface area contributed by atoms with E-state index in [2.05, 4.69) is 25.6 Å². The zero-order valence-corrected chi connectivity index (χ0v) is 13.0. The molecule has 0 aliphatic carbocycles. The maximum atomic E-state index is 12.2. The Hall–Kier alpha value is -1.62. The van der Waals surface area contributed by atoms with Gasteiger partial charge in [0.1, 0.15) is 10.7 Å². The van der Waals surface area contributed by atoms with Crippen LogP contribution in [-0.2, 0) is 10.0 Å². The molecule has 20 heavy (non-hydrogen) atoms. The van der Waals surface area contributed by atoms with E-state index in [1.165, 1.54) is 30.5 Å². The molecule has 0 saturated heterocycles. The van der Waals surface area contributed by atoms with Crippen molar-refractivity contribution in [3.8, 4) is 6.07 Å². The van der Waals surface area contributed by atoms with Gasteiger partial charge in [0.25, 0.3) is 10.0 Å². The fraction of sp³-hybridized carbons (Fsp3) is 0. The van der Waals surface area contributed by atoms with Gasteiger partial charge in [0.15, 0.2) is 0 Å². The molecule has 8 heteroatoms. The van der Waals surface area contributed by atoms with Crippen LogP contribution in [0.25, 0.3) is 0 Å². The van der Waals surface area contributed by atoms with Crippen LogP contribution in [0, 0.1) is 11.3 Å². The van der Waals surface area contributed by atoms with Gasteiger partial charge in [-0.2, -0.15) is 5.26 Å². The first-order valence-electron chi connectivity index (χ1n) is 5.26. The van der Waals surface area contributed by atoms with Crippen LogP contribution < -0.4 is 4.72 Å². The third-order valence-corrected chi connectivity index (χ3v) is 4.64. The summed E-state index contributed by atoms with van der Waals surface area (Å²) in [4.78, 5) is 3.73. The zero-order valence-electron chi connectivity index (χ0n) is 9.84. The number of anilines is 1. The van der Waals surface area contributed by atoms with Gasteiger partial charge in [0.2, 0.25) is 0 Å². The molecule has 1 heterocycles. The second-order valence-corrected chi connectivity index (χ2v) is 6.70. The molecule has 1 N–H and O–H groups in total. The predicted octanol–water partition coefficient (Wildman–Crippen LogP) is 3.17.